The van der Waals surface area contributed by atoms with Crippen LogP contribution < -0.4 is 11.2 Å². The minimum atomic E-state index is -1.11. The molecular formula is C42H46N2O10. The Kier molecular flexibility index (Phi) is 11.2. The van der Waals surface area contributed by atoms with E-state index < -0.39 is 70.8 Å². The molecule has 6 rings (SSSR count). The maximum atomic E-state index is 13.9. The number of nitrogens with zero attached hydrogens (tertiary/aromatic N) is 2. The van der Waals surface area contributed by atoms with Gasteiger partial charge < -0.3 is 28.4 Å². The third kappa shape index (κ3) is 8.63. The van der Waals surface area contributed by atoms with E-state index in [1.165, 1.54) is 16.8 Å². The highest BCUT2D eigenvalue weighted by atomic mass is 16.8. The number of carbonyl (C=O) groups excluding carboxylic acids is 2. The van der Waals surface area contributed by atoms with E-state index in [0.717, 1.165) is 33.5 Å². The van der Waals surface area contributed by atoms with Crippen LogP contribution in [0.3, 0.4) is 0 Å². The normalized spacial score (nSPS) is 21.6. The lowest BCUT2D eigenvalue weighted by molar-refractivity contribution is -0.181. The Labute approximate surface area is 313 Å². The molecule has 0 bridgehead atoms. The van der Waals surface area contributed by atoms with E-state index in [1.807, 2.05) is 91.0 Å². The Bertz CT molecular complexity index is 1970. The van der Waals surface area contributed by atoms with Gasteiger partial charge in [0.1, 0.15) is 35.1 Å². The van der Waals surface area contributed by atoms with E-state index in [-0.39, 0.29) is 13.0 Å². The number of hydrogen-bond donors (Lipinski definition) is 0. The number of aromatic nitrogens is 2. The van der Waals surface area contributed by atoms with Crippen LogP contribution in [0, 0.1) is 0 Å². The van der Waals surface area contributed by atoms with Gasteiger partial charge in [0, 0.05) is 24.5 Å². The Hall–Kier alpha value is -5.14. The van der Waals surface area contributed by atoms with Gasteiger partial charge in [-0.2, -0.15) is 0 Å². The molecule has 2 aliphatic heterocycles. The lowest BCUT2D eigenvalue weighted by atomic mass is 9.80. The number of benzene rings is 3. The molecular weight excluding hydrogens is 692 g/mol. The summed E-state index contributed by atoms with van der Waals surface area (Å²) in [7, 11) is 0. The topological polar surface area (TPSA) is 134 Å². The van der Waals surface area contributed by atoms with Crippen LogP contribution >= 0.6 is 0 Å². The van der Waals surface area contributed by atoms with Crippen LogP contribution in [0.25, 0.3) is 6.20 Å². The van der Waals surface area contributed by atoms with Crippen molar-refractivity contribution in [1.29, 1.82) is 0 Å². The highest BCUT2D eigenvalue weighted by molar-refractivity contribution is 5.85. The van der Waals surface area contributed by atoms with Gasteiger partial charge in [0.2, 0.25) is 0 Å². The number of esters is 2. The van der Waals surface area contributed by atoms with Crippen LogP contribution in [-0.2, 0) is 43.6 Å². The number of ether oxygens (including phenoxy) is 6. The van der Waals surface area contributed by atoms with Gasteiger partial charge in [0.25, 0.3) is 5.56 Å². The van der Waals surface area contributed by atoms with Gasteiger partial charge in [-0.05, 0) is 58.2 Å². The van der Waals surface area contributed by atoms with E-state index >= 15 is 0 Å². The Balaban J connectivity index is 1.37. The standard InChI is InChI=1S/C42H46N2O10/c1-40(2,3)53-33(46)23-25-43-32(45)22-24-44(39(43)48)38-37-36(51-35(52-37)26-34(47)54-41(4,5)6)31(50-38)27-49-42(28-16-10-7-11-17-28,29-18-12-8-13-19-29)30-20-14-9-15-21-30/h7-25,31,35-38H,26-27H2,1-6H3/b25-23+/t31-,35+,36-,37-,38-/m1/s1. The van der Waals surface area contributed by atoms with Crippen LogP contribution in [0.15, 0.2) is 119 Å². The van der Waals surface area contributed by atoms with Crippen molar-refractivity contribution in [3.05, 3.63) is 147 Å². The first-order valence-corrected chi connectivity index (χ1v) is 17.9. The molecule has 0 amide bonds. The summed E-state index contributed by atoms with van der Waals surface area (Å²) in [5.74, 6) is -1.25. The molecule has 0 unspecified atom stereocenters. The first-order chi connectivity index (χ1) is 25.6. The summed E-state index contributed by atoms with van der Waals surface area (Å²) < 4.78 is 39.1. The summed E-state index contributed by atoms with van der Waals surface area (Å²) in [6.07, 6.45) is -1.47. The summed E-state index contributed by atoms with van der Waals surface area (Å²) >= 11 is 0. The van der Waals surface area contributed by atoms with E-state index in [9.17, 15) is 19.2 Å². The molecule has 284 valence electrons. The molecule has 2 aliphatic rings. The molecule has 3 heterocycles. The SMILES string of the molecule is CC(C)(C)OC(=O)/C=C/n1c(=O)ccn([C@@H]2O[C@H](COC(c3ccccc3)(c3ccccc3)c3ccccc3)[C@H]3O[C@H](CC(=O)OC(C)(C)C)O[C@H]32)c1=O. The fraction of sp³-hybridized carbons (Fsp3) is 0.381. The van der Waals surface area contributed by atoms with Gasteiger partial charge in [0.05, 0.1) is 13.0 Å². The highest BCUT2D eigenvalue weighted by Crippen LogP contribution is 2.44. The fourth-order valence-electron chi connectivity index (χ4n) is 6.66. The quantitative estimate of drug-likeness (QED) is 0.109. The van der Waals surface area contributed by atoms with Gasteiger partial charge in [-0.3, -0.25) is 14.2 Å². The number of rotatable bonds is 11. The molecule has 5 atom stereocenters. The van der Waals surface area contributed by atoms with E-state index in [0.29, 0.717) is 0 Å². The maximum Gasteiger partial charge on any atom is 0.337 e. The molecule has 2 fully saturated rings. The molecule has 12 heteroatoms. The van der Waals surface area contributed by atoms with Gasteiger partial charge in [-0.15, -0.1) is 0 Å². The molecule has 1 aromatic heterocycles. The third-order valence-corrected chi connectivity index (χ3v) is 8.74. The van der Waals surface area contributed by atoms with Gasteiger partial charge in [-0.1, -0.05) is 91.0 Å². The number of hydrogen-bond acceptors (Lipinski definition) is 10. The predicted molar refractivity (Wildman–Crippen MR) is 199 cm³/mol. The minimum Gasteiger partial charge on any atom is -0.460 e. The van der Waals surface area contributed by atoms with Crippen LogP contribution in [0.2, 0.25) is 0 Å². The van der Waals surface area contributed by atoms with Gasteiger partial charge >= 0.3 is 17.6 Å². The number of carbonyl (C=O) groups is 2. The van der Waals surface area contributed by atoms with Crippen molar-refractivity contribution in [1.82, 2.24) is 9.13 Å². The van der Waals surface area contributed by atoms with Crippen molar-refractivity contribution in [3.8, 4) is 0 Å². The smallest absolute Gasteiger partial charge is 0.337 e. The fourth-order valence-corrected chi connectivity index (χ4v) is 6.66. The van der Waals surface area contributed by atoms with Gasteiger partial charge in [0.15, 0.2) is 12.5 Å². The Morgan fingerprint density at radius 3 is 1.74 bits per heavy atom. The Morgan fingerprint density at radius 1 is 0.704 bits per heavy atom. The zero-order valence-corrected chi connectivity index (χ0v) is 31.2. The minimum absolute atomic E-state index is 0.0359. The van der Waals surface area contributed by atoms with Crippen molar-refractivity contribution in [2.45, 2.75) is 95.6 Å². The molecule has 0 spiro atoms. The average molecular weight is 739 g/mol. The van der Waals surface area contributed by atoms with Crippen molar-refractivity contribution in [3.63, 3.8) is 0 Å². The van der Waals surface area contributed by atoms with E-state index in [2.05, 4.69) is 0 Å². The van der Waals surface area contributed by atoms with Crippen LogP contribution in [-0.4, -0.2) is 63.5 Å². The molecule has 54 heavy (non-hydrogen) atoms. The third-order valence-electron chi connectivity index (χ3n) is 8.74. The molecule has 4 aromatic rings. The highest BCUT2D eigenvalue weighted by Gasteiger charge is 2.55. The average Bonchev–Trinajstić information content (AvgIpc) is 3.67. The molecule has 12 nitrogen and oxygen atoms in total. The van der Waals surface area contributed by atoms with Crippen molar-refractivity contribution in [2.75, 3.05) is 6.61 Å². The lowest BCUT2D eigenvalue weighted by Gasteiger charge is -2.37. The first-order valence-electron chi connectivity index (χ1n) is 17.9. The van der Waals surface area contributed by atoms with Crippen LogP contribution in [0.4, 0.5) is 0 Å². The summed E-state index contributed by atoms with van der Waals surface area (Å²) in [6.45, 7) is 10.4. The van der Waals surface area contributed by atoms with Crippen molar-refractivity contribution < 1.29 is 38.0 Å². The Morgan fingerprint density at radius 2 is 1.22 bits per heavy atom. The zero-order valence-electron chi connectivity index (χ0n) is 31.2. The summed E-state index contributed by atoms with van der Waals surface area (Å²) in [5, 5.41) is 0. The second-order valence-corrected chi connectivity index (χ2v) is 15.1. The predicted octanol–water partition coefficient (Wildman–Crippen LogP) is 5.57. The lowest BCUT2D eigenvalue weighted by Crippen LogP contribution is -2.41. The zero-order chi connectivity index (χ0) is 38.7. The summed E-state index contributed by atoms with van der Waals surface area (Å²) in [5.41, 5.74) is -1.43. The largest absolute Gasteiger partial charge is 0.460 e. The number of fused-ring (bicyclic) bond motifs is 1. The molecule has 3 aromatic carbocycles. The van der Waals surface area contributed by atoms with Crippen molar-refractivity contribution >= 4 is 18.1 Å². The van der Waals surface area contributed by atoms with E-state index in [1.54, 1.807) is 41.5 Å². The molecule has 2 saturated heterocycles. The maximum absolute atomic E-state index is 13.9. The summed E-state index contributed by atoms with van der Waals surface area (Å²) in [4.78, 5) is 52.1. The van der Waals surface area contributed by atoms with Gasteiger partial charge in [-0.25, -0.2) is 14.2 Å². The van der Waals surface area contributed by atoms with Crippen molar-refractivity contribution in [2.24, 2.45) is 0 Å². The van der Waals surface area contributed by atoms with Crippen LogP contribution in [0.5, 0.6) is 0 Å². The van der Waals surface area contributed by atoms with E-state index in [4.69, 9.17) is 28.4 Å². The monoisotopic (exact) mass is 738 g/mol. The second kappa shape index (κ2) is 15.7. The summed E-state index contributed by atoms with van der Waals surface area (Å²) in [6, 6.07) is 30.7. The van der Waals surface area contributed by atoms with Crippen LogP contribution in [0.1, 0.15) is 70.9 Å². The first kappa shape index (κ1) is 38.6. The molecule has 0 aliphatic carbocycles. The molecule has 0 radical (unpaired) electrons. The molecule has 0 N–H and O–H groups in total. The second-order valence-electron chi connectivity index (χ2n) is 15.1. The molecule has 0 saturated carbocycles.